The summed E-state index contributed by atoms with van der Waals surface area (Å²) in [6.45, 7) is 0. The van der Waals surface area contributed by atoms with Gasteiger partial charge in [-0.15, -0.1) is 11.6 Å². The monoisotopic (exact) mass is 209 g/mol. The summed E-state index contributed by atoms with van der Waals surface area (Å²) in [6.07, 6.45) is 4.95. The van der Waals surface area contributed by atoms with E-state index in [4.69, 9.17) is 17.3 Å². The molecule has 2 rings (SSSR count). The van der Waals surface area contributed by atoms with Crippen molar-refractivity contribution in [3.63, 3.8) is 0 Å². The second-order valence-electron chi connectivity index (χ2n) is 4.07. The van der Waals surface area contributed by atoms with E-state index in [1.807, 2.05) is 12.1 Å². The highest BCUT2D eigenvalue weighted by atomic mass is 35.5. The van der Waals surface area contributed by atoms with Gasteiger partial charge in [0.1, 0.15) is 0 Å². The predicted octanol–water partition coefficient (Wildman–Crippen LogP) is 3.53. The van der Waals surface area contributed by atoms with Crippen molar-refractivity contribution in [3.05, 3.63) is 29.8 Å². The van der Waals surface area contributed by atoms with E-state index in [2.05, 4.69) is 12.1 Å². The van der Waals surface area contributed by atoms with Crippen LogP contribution in [-0.2, 0) is 0 Å². The van der Waals surface area contributed by atoms with Gasteiger partial charge < -0.3 is 5.73 Å². The van der Waals surface area contributed by atoms with E-state index < -0.39 is 0 Å². The van der Waals surface area contributed by atoms with E-state index in [1.165, 1.54) is 24.8 Å². The van der Waals surface area contributed by atoms with Crippen molar-refractivity contribution in [2.45, 2.75) is 37.0 Å². The standard InChI is InChI=1S/C12H16ClN/c13-12-4-2-1-3-11(12)9-5-7-10(14)8-6-9/h5-8,11-12H,1-4,14H2/t11-,12+/m0/s1. The Balaban J connectivity index is 2.16. The van der Waals surface area contributed by atoms with Gasteiger partial charge in [-0.2, -0.15) is 0 Å². The molecule has 1 aromatic carbocycles. The molecule has 2 atom stereocenters. The lowest BCUT2D eigenvalue weighted by atomic mass is 9.83. The first kappa shape index (κ1) is 9.85. The summed E-state index contributed by atoms with van der Waals surface area (Å²) in [5, 5.41) is 0.312. The summed E-state index contributed by atoms with van der Waals surface area (Å²) >= 11 is 6.33. The van der Waals surface area contributed by atoms with Crippen molar-refractivity contribution in [1.82, 2.24) is 0 Å². The van der Waals surface area contributed by atoms with Crippen molar-refractivity contribution < 1.29 is 0 Å². The molecule has 0 saturated heterocycles. The SMILES string of the molecule is Nc1ccc([C@@H]2CCCC[C@H]2Cl)cc1. The van der Waals surface area contributed by atoms with Gasteiger partial charge in [-0.3, -0.25) is 0 Å². The highest BCUT2D eigenvalue weighted by Crippen LogP contribution is 2.36. The molecule has 1 fully saturated rings. The summed E-state index contributed by atoms with van der Waals surface area (Å²) in [7, 11) is 0. The molecule has 14 heavy (non-hydrogen) atoms. The largest absolute Gasteiger partial charge is 0.399 e. The zero-order valence-corrected chi connectivity index (χ0v) is 9.00. The fourth-order valence-corrected chi connectivity index (χ4v) is 2.63. The molecule has 0 amide bonds. The Hall–Kier alpha value is -0.690. The number of hydrogen-bond acceptors (Lipinski definition) is 1. The molecule has 1 aromatic rings. The summed E-state index contributed by atoms with van der Waals surface area (Å²) < 4.78 is 0. The van der Waals surface area contributed by atoms with Crippen LogP contribution >= 0.6 is 11.6 Å². The van der Waals surface area contributed by atoms with Gasteiger partial charge in [-0.05, 0) is 30.5 Å². The first-order chi connectivity index (χ1) is 6.77. The zero-order chi connectivity index (χ0) is 9.97. The van der Waals surface area contributed by atoms with Crippen LogP contribution in [0.2, 0.25) is 0 Å². The van der Waals surface area contributed by atoms with E-state index in [9.17, 15) is 0 Å². The Morgan fingerprint density at radius 2 is 1.71 bits per heavy atom. The Morgan fingerprint density at radius 3 is 2.36 bits per heavy atom. The molecule has 0 radical (unpaired) electrons. The minimum atomic E-state index is 0.312. The van der Waals surface area contributed by atoms with Gasteiger partial charge in [0.2, 0.25) is 0 Å². The molecule has 0 heterocycles. The Morgan fingerprint density at radius 1 is 1.07 bits per heavy atom. The second-order valence-corrected chi connectivity index (χ2v) is 4.63. The third kappa shape index (κ3) is 2.03. The number of benzene rings is 1. The molecule has 1 aliphatic rings. The first-order valence-corrected chi connectivity index (χ1v) is 5.70. The van der Waals surface area contributed by atoms with Crippen LogP contribution in [0, 0.1) is 0 Å². The number of alkyl halides is 1. The highest BCUT2D eigenvalue weighted by molar-refractivity contribution is 6.21. The fourth-order valence-electron chi connectivity index (χ4n) is 2.20. The normalized spacial score (nSPS) is 27.5. The number of nitrogens with two attached hydrogens (primary N) is 1. The number of anilines is 1. The van der Waals surface area contributed by atoms with Crippen LogP contribution < -0.4 is 5.73 Å². The third-order valence-electron chi connectivity index (χ3n) is 3.05. The van der Waals surface area contributed by atoms with Gasteiger partial charge in [-0.1, -0.05) is 25.0 Å². The molecule has 0 bridgehead atoms. The Kier molecular flexibility index (Phi) is 2.97. The van der Waals surface area contributed by atoms with Gasteiger partial charge in [0, 0.05) is 17.0 Å². The van der Waals surface area contributed by atoms with Crippen LogP contribution in [0.25, 0.3) is 0 Å². The summed E-state index contributed by atoms with van der Waals surface area (Å²) in [6, 6.07) is 8.16. The Bertz CT molecular complexity index is 294. The molecular weight excluding hydrogens is 194 g/mol. The fraction of sp³-hybridized carbons (Fsp3) is 0.500. The number of hydrogen-bond donors (Lipinski definition) is 1. The summed E-state index contributed by atoms with van der Waals surface area (Å²) in [5.74, 6) is 0.533. The lowest BCUT2D eigenvalue weighted by Gasteiger charge is -2.27. The first-order valence-electron chi connectivity index (χ1n) is 5.27. The molecule has 76 valence electrons. The molecule has 1 nitrogen and oxygen atoms in total. The van der Waals surface area contributed by atoms with E-state index in [1.54, 1.807) is 0 Å². The molecule has 1 saturated carbocycles. The van der Waals surface area contributed by atoms with E-state index >= 15 is 0 Å². The third-order valence-corrected chi connectivity index (χ3v) is 3.57. The summed E-state index contributed by atoms with van der Waals surface area (Å²) in [4.78, 5) is 0. The van der Waals surface area contributed by atoms with Crippen molar-refractivity contribution in [1.29, 1.82) is 0 Å². The van der Waals surface area contributed by atoms with Crippen molar-refractivity contribution >= 4 is 17.3 Å². The van der Waals surface area contributed by atoms with E-state index in [-0.39, 0.29) is 0 Å². The topological polar surface area (TPSA) is 26.0 Å². The average molecular weight is 210 g/mol. The molecule has 0 aromatic heterocycles. The maximum absolute atomic E-state index is 6.33. The smallest absolute Gasteiger partial charge is 0.0404 e. The minimum absolute atomic E-state index is 0.312. The van der Waals surface area contributed by atoms with Gasteiger partial charge >= 0.3 is 0 Å². The van der Waals surface area contributed by atoms with Crippen LogP contribution in [0.4, 0.5) is 5.69 Å². The van der Waals surface area contributed by atoms with Crippen molar-refractivity contribution in [2.75, 3.05) is 5.73 Å². The zero-order valence-electron chi connectivity index (χ0n) is 8.25. The van der Waals surface area contributed by atoms with Crippen LogP contribution in [0.15, 0.2) is 24.3 Å². The molecule has 0 unspecified atom stereocenters. The van der Waals surface area contributed by atoms with Gasteiger partial charge in [0.05, 0.1) is 0 Å². The lowest BCUT2D eigenvalue weighted by molar-refractivity contribution is 0.450. The molecule has 1 aliphatic carbocycles. The molecule has 0 aliphatic heterocycles. The maximum atomic E-state index is 6.33. The van der Waals surface area contributed by atoms with Crippen LogP contribution in [0.5, 0.6) is 0 Å². The van der Waals surface area contributed by atoms with Gasteiger partial charge in [0.25, 0.3) is 0 Å². The Labute approximate surface area is 90.3 Å². The van der Waals surface area contributed by atoms with Crippen LogP contribution in [-0.4, -0.2) is 5.38 Å². The molecule has 0 spiro atoms. The summed E-state index contributed by atoms with van der Waals surface area (Å²) in [5.41, 5.74) is 7.83. The number of nitrogen functional groups attached to an aromatic ring is 1. The minimum Gasteiger partial charge on any atom is -0.399 e. The van der Waals surface area contributed by atoms with E-state index in [0.717, 1.165) is 12.1 Å². The molecular formula is C12H16ClN. The number of rotatable bonds is 1. The van der Waals surface area contributed by atoms with E-state index in [0.29, 0.717) is 11.3 Å². The molecule has 2 heteroatoms. The molecule has 2 N–H and O–H groups in total. The lowest BCUT2D eigenvalue weighted by Crippen LogP contribution is -2.17. The van der Waals surface area contributed by atoms with Gasteiger partial charge in [-0.25, -0.2) is 0 Å². The number of halogens is 1. The van der Waals surface area contributed by atoms with Crippen LogP contribution in [0.1, 0.15) is 37.2 Å². The second kappa shape index (κ2) is 4.22. The van der Waals surface area contributed by atoms with Crippen molar-refractivity contribution in [3.8, 4) is 0 Å². The van der Waals surface area contributed by atoms with Crippen molar-refractivity contribution in [2.24, 2.45) is 0 Å². The maximum Gasteiger partial charge on any atom is 0.0404 e. The average Bonchev–Trinajstić information content (AvgIpc) is 2.20. The highest BCUT2D eigenvalue weighted by Gasteiger charge is 2.24. The van der Waals surface area contributed by atoms with Crippen LogP contribution in [0.3, 0.4) is 0 Å². The van der Waals surface area contributed by atoms with Gasteiger partial charge in [0.15, 0.2) is 0 Å². The quantitative estimate of drug-likeness (QED) is 0.556. The predicted molar refractivity (Wildman–Crippen MR) is 61.7 cm³/mol.